The van der Waals surface area contributed by atoms with Crippen molar-refractivity contribution >= 4 is 27.3 Å². The lowest BCUT2D eigenvalue weighted by atomic mass is 10.1. The summed E-state index contributed by atoms with van der Waals surface area (Å²) in [6.07, 6.45) is 0. The second-order valence-corrected chi connectivity index (χ2v) is 6.89. The summed E-state index contributed by atoms with van der Waals surface area (Å²) in [7, 11) is -3.83. The van der Waals surface area contributed by atoms with E-state index in [0.29, 0.717) is 23.6 Å². The van der Waals surface area contributed by atoms with Gasteiger partial charge in [0.25, 0.3) is 10.0 Å². The molecule has 0 aliphatic heterocycles. The number of sulfonamides is 1. The molecule has 0 aromatic heterocycles. The van der Waals surface area contributed by atoms with Crippen molar-refractivity contribution < 1.29 is 17.5 Å². The molecule has 128 valence electrons. The fourth-order valence-corrected chi connectivity index (χ4v) is 3.07. The molecule has 0 spiro atoms. The fraction of sp³-hybridized carbons (Fsp3) is 0.188. The van der Waals surface area contributed by atoms with E-state index in [0.717, 1.165) is 6.07 Å². The summed E-state index contributed by atoms with van der Waals surface area (Å²) in [5, 5.41) is 3.98. The van der Waals surface area contributed by atoms with E-state index in [4.69, 9.17) is 16.3 Å². The standard InChI is InChI=1S/C16H16ClFN2O3S/c1-3-23-13-5-7-14(8-6-13)24(21,22)20-19-11(2)15-9-4-12(18)10-16(15)17/h4-10,20H,3H2,1-2H3/b19-11-. The van der Waals surface area contributed by atoms with Gasteiger partial charge in [-0.3, -0.25) is 0 Å². The van der Waals surface area contributed by atoms with E-state index < -0.39 is 15.8 Å². The lowest BCUT2D eigenvalue weighted by Crippen LogP contribution is -2.20. The number of halogens is 2. The maximum Gasteiger partial charge on any atom is 0.276 e. The summed E-state index contributed by atoms with van der Waals surface area (Å²) < 4.78 is 42.8. The minimum Gasteiger partial charge on any atom is -0.494 e. The van der Waals surface area contributed by atoms with Crippen molar-refractivity contribution in [3.63, 3.8) is 0 Å². The van der Waals surface area contributed by atoms with Gasteiger partial charge in [0.2, 0.25) is 0 Å². The van der Waals surface area contributed by atoms with Crippen molar-refractivity contribution in [3.05, 3.63) is 58.9 Å². The van der Waals surface area contributed by atoms with Crippen molar-refractivity contribution in [2.24, 2.45) is 5.10 Å². The molecule has 0 unspecified atom stereocenters. The van der Waals surface area contributed by atoms with Crippen LogP contribution in [0.2, 0.25) is 5.02 Å². The minimum atomic E-state index is -3.83. The maximum absolute atomic E-state index is 13.0. The van der Waals surface area contributed by atoms with Gasteiger partial charge in [0.1, 0.15) is 11.6 Å². The lowest BCUT2D eigenvalue weighted by molar-refractivity contribution is 0.340. The van der Waals surface area contributed by atoms with Crippen LogP contribution < -0.4 is 9.57 Å². The van der Waals surface area contributed by atoms with Crippen LogP contribution in [0.5, 0.6) is 5.75 Å². The molecule has 5 nitrogen and oxygen atoms in total. The zero-order valence-corrected chi connectivity index (χ0v) is 14.7. The number of nitrogens with one attached hydrogen (secondary N) is 1. The Kier molecular flexibility index (Phi) is 5.80. The Morgan fingerprint density at radius 3 is 2.50 bits per heavy atom. The second kappa shape index (κ2) is 7.63. The lowest BCUT2D eigenvalue weighted by Gasteiger charge is -2.08. The zero-order chi connectivity index (χ0) is 17.7. The van der Waals surface area contributed by atoms with Crippen LogP contribution in [0.15, 0.2) is 52.5 Å². The van der Waals surface area contributed by atoms with Gasteiger partial charge in [-0.2, -0.15) is 18.4 Å². The van der Waals surface area contributed by atoms with Crippen molar-refractivity contribution in [3.8, 4) is 5.75 Å². The molecule has 2 aromatic rings. The Labute approximate surface area is 145 Å². The van der Waals surface area contributed by atoms with E-state index in [2.05, 4.69) is 9.93 Å². The van der Waals surface area contributed by atoms with E-state index >= 15 is 0 Å². The van der Waals surface area contributed by atoms with Crippen LogP contribution in [0.4, 0.5) is 4.39 Å². The average Bonchev–Trinajstić information content (AvgIpc) is 2.53. The van der Waals surface area contributed by atoms with Crippen molar-refractivity contribution in [1.29, 1.82) is 0 Å². The van der Waals surface area contributed by atoms with Gasteiger partial charge in [0.05, 0.1) is 22.2 Å². The molecular weight excluding hydrogens is 355 g/mol. The first kappa shape index (κ1) is 18.2. The van der Waals surface area contributed by atoms with Crippen LogP contribution in [0.3, 0.4) is 0 Å². The predicted octanol–water partition coefficient (Wildman–Crippen LogP) is 3.58. The summed E-state index contributed by atoms with van der Waals surface area (Å²) in [6, 6.07) is 9.75. The summed E-state index contributed by atoms with van der Waals surface area (Å²) in [6.45, 7) is 3.90. The second-order valence-electron chi connectivity index (χ2n) is 4.82. The van der Waals surface area contributed by atoms with E-state index in [9.17, 15) is 12.8 Å². The molecule has 0 saturated carbocycles. The monoisotopic (exact) mass is 370 g/mol. The third kappa shape index (κ3) is 4.46. The molecule has 1 N–H and O–H groups in total. The average molecular weight is 371 g/mol. The molecule has 8 heteroatoms. The molecule has 2 aromatic carbocycles. The number of nitrogens with zero attached hydrogens (tertiary/aromatic N) is 1. The van der Waals surface area contributed by atoms with Crippen molar-refractivity contribution in [2.45, 2.75) is 18.7 Å². The fourth-order valence-electron chi connectivity index (χ4n) is 1.91. The zero-order valence-electron chi connectivity index (χ0n) is 13.1. The SMILES string of the molecule is CCOc1ccc(S(=O)(=O)N/N=C(/C)c2ccc(F)cc2Cl)cc1. The molecule has 0 radical (unpaired) electrons. The van der Waals surface area contributed by atoms with Crippen LogP contribution >= 0.6 is 11.6 Å². The van der Waals surface area contributed by atoms with Gasteiger partial charge < -0.3 is 4.74 Å². The Morgan fingerprint density at radius 2 is 1.92 bits per heavy atom. The molecule has 0 bridgehead atoms. The van der Waals surface area contributed by atoms with Crippen molar-refractivity contribution in [1.82, 2.24) is 4.83 Å². The summed E-state index contributed by atoms with van der Waals surface area (Å²) in [5.41, 5.74) is 0.752. The predicted molar refractivity (Wildman–Crippen MR) is 91.6 cm³/mol. The highest BCUT2D eigenvalue weighted by Gasteiger charge is 2.14. The van der Waals surface area contributed by atoms with Gasteiger partial charge in [0.15, 0.2) is 0 Å². The van der Waals surface area contributed by atoms with Crippen LogP contribution in [-0.4, -0.2) is 20.7 Å². The molecule has 0 heterocycles. The Hall–Kier alpha value is -2.12. The largest absolute Gasteiger partial charge is 0.494 e. The van der Waals surface area contributed by atoms with Crippen LogP contribution in [0.25, 0.3) is 0 Å². The molecule has 0 aliphatic carbocycles. The molecule has 24 heavy (non-hydrogen) atoms. The Balaban J connectivity index is 2.19. The number of hydrogen-bond donors (Lipinski definition) is 1. The van der Waals surface area contributed by atoms with E-state index in [1.54, 1.807) is 19.1 Å². The summed E-state index contributed by atoms with van der Waals surface area (Å²) >= 11 is 5.93. The summed E-state index contributed by atoms with van der Waals surface area (Å²) in [5.74, 6) is 0.0979. The first-order chi connectivity index (χ1) is 11.3. The van der Waals surface area contributed by atoms with E-state index in [1.807, 2.05) is 6.92 Å². The Morgan fingerprint density at radius 1 is 1.25 bits per heavy atom. The number of hydrazone groups is 1. The van der Waals surface area contributed by atoms with Gasteiger partial charge in [-0.05, 0) is 56.3 Å². The van der Waals surface area contributed by atoms with Crippen LogP contribution in [0.1, 0.15) is 19.4 Å². The normalized spacial score (nSPS) is 12.1. The molecule has 0 atom stereocenters. The topological polar surface area (TPSA) is 67.8 Å². The van der Waals surface area contributed by atoms with Gasteiger partial charge >= 0.3 is 0 Å². The van der Waals surface area contributed by atoms with Gasteiger partial charge in [0, 0.05) is 5.56 Å². The Bertz CT molecular complexity index is 852. The number of benzene rings is 2. The molecular formula is C16H16ClFN2O3S. The maximum atomic E-state index is 13.0. The van der Waals surface area contributed by atoms with Gasteiger partial charge in [-0.1, -0.05) is 11.6 Å². The van der Waals surface area contributed by atoms with E-state index in [-0.39, 0.29) is 9.92 Å². The minimum absolute atomic E-state index is 0.0488. The highest BCUT2D eigenvalue weighted by molar-refractivity contribution is 7.89. The van der Waals surface area contributed by atoms with Crippen LogP contribution in [0, 0.1) is 5.82 Å². The smallest absolute Gasteiger partial charge is 0.276 e. The first-order valence-electron chi connectivity index (χ1n) is 7.08. The van der Waals surface area contributed by atoms with E-state index in [1.165, 1.54) is 24.3 Å². The molecule has 0 saturated heterocycles. The molecule has 0 aliphatic rings. The number of hydrogen-bond acceptors (Lipinski definition) is 4. The third-order valence-electron chi connectivity index (χ3n) is 3.10. The van der Waals surface area contributed by atoms with Crippen LogP contribution in [-0.2, 0) is 10.0 Å². The molecule has 0 fully saturated rings. The molecule has 2 rings (SSSR count). The highest BCUT2D eigenvalue weighted by Crippen LogP contribution is 2.19. The van der Waals surface area contributed by atoms with Gasteiger partial charge in [-0.15, -0.1) is 0 Å². The quantitative estimate of drug-likeness (QED) is 0.624. The van der Waals surface area contributed by atoms with Crippen molar-refractivity contribution in [2.75, 3.05) is 6.61 Å². The van der Waals surface area contributed by atoms with Gasteiger partial charge in [-0.25, -0.2) is 4.39 Å². The first-order valence-corrected chi connectivity index (χ1v) is 8.94. The number of ether oxygens (including phenoxy) is 1. The highest BCUT2D eigenvalue weighted by atomic mass is 35.5. The number of rotatable bonds is 6. The third-order valence-corrected chi connectivity index (χ3v) is 4.64. The summed E-state index contributed by atoms with van der Waals surface area (Å²) in [4.78, 5) is 2.18. The molecule has 0 amide bonds.